The standard InChI is InChI=1S/C25H26ClF2IN4O/c1-16-9-10-32-24(21(16)14-31-15-34)22(30)13-23(17-5-3-7-19(26)11-17)33-20-8-4-6-18(12-20)25(27,28)29-2/h3-9,11-12,15,23,30,32-33H,2,10,13-14H2,1H3,(H,31,34). The van der Waals surface area contributed by atoms with Crippen molar-refractivity contribution >= 4 is 54.7 Å². The van der Waals surface area contributed by atoms with Crippen LogP contribution < -0.4 is 16.0 Å². The first-order valence-corrected chi connectivity index (χ1v) is 13.5. The fourth-order valence-electron chi connectivity index (χ4n) is 3.74. The highest BCUT2D eigenvalue weighted by Crippen LogP contribution is 2.40. The number of hydrogen-bond acceptors (Lipinski definition) is 4. The lowest BCUT2D eigenvalue weighted by molar-refractivity contribution is -0.109. The second kappa shape index (κ2) is 11.7. The van der Waals surface area contributed by atoms with E-state index in [9.17, 15) is 13.6 Å². The third kappa shape index (κ3) is 6.50. The zero-order chi connectivity index (χ0) is 24.7. The molecule has 1 unspecified atom stereocenters. The van der Waals surface area contributed by atoms with E-state index in [1.165, 1.54) is 12.1 Å². The van der Waals surface area contributed by atoms with E-state index in [0.717, 1.165) is 16.7 Å². The fourth-order valence-corrected chi connectivity index (χ4v) is 4.71. The quantitative estimate of drug-likeness (QED) is 0.113. The van der Waals surface area contributed by atoms with Crippen molar-refractivity contribution in [3.63, 3.8) is 0 Å². The molecule has 0 fully saturated rings. The lowest BCUT2D eigenvalue weighted by Crippen LogP contribution is -2.31. The van der Waals surface area contributed by atoms with Crippen molar-refractivity contribution in [3.8, 4) is 0 Å². The Bertz CT molecular complexity index is 1150. The summed E-state index contributed by atoms with van der Waals surface area (Å²) in [6.45, 7) is 2.82. The number of carbonyl (C=O) groups is 1. The van der Waals surface area contributed by atoms with Gasteiger partial charge in [0.15, 0.2) is 0 Å². The number of allylic oxidation sites excluding steroid dienone is 1. The maximum absolute atomic E-state index is 14.3. The summed E-state index contributed by atoms with van der Waals surface area (Å²) in [5.41, 5.74) is 4.11. The van der Waals surface area contributed by atoms with Crippen molar-refractivity contribution in [2.45, 2.75) is 23.3 Å². The molecule has 0 saturated carbocycles. The van der Waals surface area contributed by atoms with Crippen LogP contribution in [0.2, 0.25) is 5.02 Å². The monoisotopic (exact) mass is 598 g/mol. The SMILES string of the molecule is C=IC(F)(F)c1cccc(NC(CC(=N)C2=C(CNC=O)C(C)=CCN2)c2cccc(Cl)c2)c1. The van der Waals surface area contributed by atoms with Crippen molar-refractivity contribution in [2.75, 3.05) is 18.4 Å². The molecule has 1 amide bonds. The van der Waals surface area contributed by atoms with E-state index in [4.69, 9.17) is 17.0 Å². The van der Waals surface area contributed by atoms with Gasteiger partial charge in [0, 0.05) is 35.8 Å². The van der Waals surface area contributed by atoms with Gasteiger partial charge in [0.1, 0.15) is 0 Å². The number of dihydropyridines is 1. The van der Waals surface area contributed by atoms with E-state index in [1.807, 2.05) is 25.1 Å². The Hall–Kier alpha value is -2.59. The number of anilines is 1. The van der Waals surface area contributed by atoms with E-state index in [1.54, 1.807) is 24.3 Å². The number of benzene rings is 2. The van der Waals surface area contributed by atoms with Gasteiger partial charge in [-0.3, -0.25) is 4.79 Å². The average molecular weight is 599 g/mol. The lowest BCUT2D eigenvalue weighted by Gasteiger charge is -2.26. The van der Waals surface area contributed by atoms with Crippen molar-refractivity contribution in [1.82, 2.24) is 10.6 Å². The zero-order valence-corrected chi connectivity index (χ0v) is 21.5. The number of hydrogen-bond donors (Lipinski definition) is 4. The number of nitrogens with one attached hydrogen (secondary N) is 4. The van der Waals surface area contributed by atoms with Crippen LogP contribution in [0.3, 0.4) is 0 Å². The molecule has 2 aromatic rings. The predicted molar refractivity (Wildman–Crippen MR) is 144 cm³/mol. The first-order chi connectivity index (χ1) is 16.2. The van der Waals surface area contributed by atoms with Crippen molar-refractivity contribution in [3.05, 3.63) is 87.6 Å². The van der Waals surface area contributed by atoms with Gasteiger partial charge in [-0.05, 0) is 68.6 Å². The van der Waals surface area contributed by atoms with Crippen molar-refractivity contribution in [1.29, 1.82) is 5.41 Å². The highest BCUT2D eigenvalue weighted by Gasteiger charge is 2.28. The third-order valence-corrected chi connectivity index (χ3v) is 7.30. The molecule has 0 aliphatic carbocycles. The van der Waals surface area contributed by atoms with Crippen molar-refractivity contribution < 1.29 is 13.6 Å². The minimum atomic E-state index is -2.92. The molecule has 0 saturated heterocycles. The predicted octanol–water partition coefficient (Wildman–Crippen LogP) is 5.90. The molecule has 0 aromatic heterocycles. The molecule has 2 aromatic carbocycles. The summed E-state index contributed by atoms with van der Waals surface area (Å²) in [4.78, 5) is 10.8. The third-order valence-electron chi connectivity index (χ3n) is 5.49. The van der Waals surface area contributed by atoms with Gasteiger partial charge in [0.05, 0.1) is 17.5 Å². The summed E-state index contributed by atoms with van der Waals surface area (Å²) >= 11 is 4.67. The van der Waals surface area contributed by atoms with E-state index in [0.29, 0.717) is 41.6 Å². The molecule has 1 heterocycles. The van der Waals surface area contributed by atoms with E-state index < -0.39 is 30.7 Å². The molecule has 0 radical (unpaired) electrons. The first kappa shape index (κ1) is 26.0. The van der Waals surface area contributed by atoms with Crippen LogP contribution in [0.4, 0.5) is 14.5 Å². The molecular weight excluding hydrogens is 573 g/mol. The highest BCUT2D eigenvalue weighted by molar-refractivity contribution is 14.2. The van der Waals surface area contributed by atoms with Crippen LogP contribution in [0.25, 0.3) is 0 Å². The normalized spacial score (nSPS) is 14.6. The summed E-state index contributed by atoms with van der Waals surface area (Å²) in [6.07, 6.45) is 2.90. The molecule has 34 heavy (non-hydrogen) atoms. The van der Waals surface area contributed by atoms with Gasteiger partial charge in [0.25, 0.3) is 0 Å². The maximum Gasteiger partial charge on any atom is 0.316 e. The van der Waals surface area contributed by atoms with Crippen LogP contribution in [-0.2, 0) is 8.72 Å². The summed E-state index contributed by atoms with van der Waals surface area (Å²) in [5, 5.41) is 18.6. The number of carbonyl (C=O) groups excluding carboxylic acids is 1. The van der Waals surface area contributed by atoms with Crippen LogP contribution in [-0.4, -0.2) is 29.7 Å². The van der Waals surface area contributed by atoms with Crippen LogP contribution in [0.1, 0.15) is 30.5 Å². The second-order valence-electron chi connectivity index (χ2n) is 7.77. The fraction of sp³-hybridized carbons (Fsp3) is 0.240. The lowest BCUT2D eigenvalue weighted by atomic mass is 9.93. The minimum Gasteiger partial charge on any atom is -0.380 e. The van der Waals surface area contributed by atoms with Crippen LogP contribution in [0.5, 0.6) is 0 Å². The summed E-state index contributed by atoms with van der Waals surface area (Å²) < 4.78 is 29.1. The van der Waals surface area contributed by atoms with Gasteiger partial charge in [0.2, 0.25) is 6.41 Å². The Morgan fingerprint density at radius 1 is 1.32 bits per heavy atom. The topological polar surface area (TPSA) is 77.0 Å². The first-order valence-electron chi connectivity index (χ1n) is 10.5. The number of amides is 1. The van der Waals surface area contributed by atoms with Gasteiger partial charge < -0.3 is 21.4 Å². The van der Waals surface area contributed by atoms with E-state index in [2.05, 4.69) is 20.5 Å². The Morgan fingerprint density at radius 2 is 2.09 bits per heavy atom. The summed E-state index contributed by atoms with van der Waals surface area (Å²) in [7, 11) is 0. The van der Waals surface area contributed by atoms with E-state index in [-0.39, 0.29) is 12.0 Å². The van der Waals surface area contributed by atoms with Gasteiger partial charge in [-0.2, -0.15) is 8.78 Å². The molecule has 1 atom stereocenters. The number of alkyl halides is 3. The smallest absolute Gasteiger partial charge is 0.316 e. The largest absolute Gasteiger partial charge is 0.380 e. The minimum absolute atomic E-state index is 0.0696. The Kier molecular flexibility index (Phi) is 8.96. The molecule has 9 heteroatoms. The highest BCUT2D eigenvalue weighted by atomic mass is 127. The molecule has 1 aliphatic heterocycles. The van der Waals surface area contributed by atoms with Gasteiger partial charge >= 0.3 is 3.93 Å². The molecule has 5 nitrogen and oxygen atoms in total. The number of halogens is 4. The van der Waals surface area contributed by atoms with Gasteiger partial charge in [-0.15, -0.1) is 0 Å². The van der Waals surface area contributed by atoms with Crippen LogP contribution >= 0.6 is 32.3 Å². The molecule has 1 aliphatic rings. The van der Waals surface area contributed by atoms with E-state index >= 15 is 0 Å². The maximum atomic E-state index is 14.3. The molecule has 3 rings (SSSR count). The Labute approximate surface area is 212 Å². The molecule has 180 valence electrons. The van der Waals surface area contributed by atoms with Crippen molar-refractivity contribution in [2.24, 2.45) is 0 Å². The molecule has 0 bridgehead atoms. The Balaban J connectivity index is 1.94. The Morgan fingerprint density at radius 3 is 2.79 bits per heavy atom. The average Bonchev–Trinajstić information content (AvgIpc) is 2.83. The van der Waals surface area contributed by atoms with Crippen LogP contribution in [0.15, 0.2) is 71.5 Å². The number of rotatable bonds is 11. The summed E-state index contributed by atoms with van der Waals surface area (Å²) in [5.74, 6) is 0. The zero-order valence-electron chi connectivity index (χ0n) is 18.6. The molecule has 4 N–H and O–H groups in total. The molecular formula is C25H26ClF2IN4O. The van der Waals surface area contributed by atoms with Gasteiger partial charge in [-0.1, -0.05) is 46.5 Å². The molecule has 0 spiro atoms. The summed E-state index contributed by atoms with van der Waals surface area (Å²) in [6, 6.07) is 13.0. The van der Waals surface area contributed by atoms with Crippen LogP contribution in [0, 0.1) is 5.41 Å². The second-order valence-corrected chi connectivity index (χ2v) is 10.3. The van der Waals surface area contributed by atoms with Gasteiger partial charge in [-0.25, -0.2) is 0 Å².